The predicted molar refractivity (Wildman–Crippen MR) is 71.0 cm³/mol. The van der Waals surface area contributed by atoms with E-state index in [9.17, 15) is 0 Å². The van der Waals surface area contributed by atoms with Crippen molar-refractivity contribution < 1.29 is 0 Å². The van der Waals surface area contributed by atoms with Crippen LogP contribution < -0.4 is 5.32 Å². The molecule has 17 heavy (non-hydrogen) atoms. The number of hydrogen-bond acceptors (Lipinski definition) is 4. The van der Waals surface area contributed by atoms with Crippen LogP contribution in [0.4, 0.5) is 0 Å². The Kier molecular flexibility index (Phi) is 3.26. The zero-order chi connectivity index (χ0) is 11.7. The molecule has 0 amide bonds. The minimum absolute atomic E-state index is 0.716. The Hall–Kier alpha value is -0.720. The summed E-state index contributed by atoms with van der Waals surface area (Å²) in [7, 11) is 0. The van der Waals surface area contributed by atoms with Crippen LogP contribution in [0.1, 0.15) is 23.4 Å². The van der Waals surface area contributed by atoms with E-state index >= 15 is 0 Å². The highest BCUT2D eigenvalue weighted by molar-refractivity contribution is 9.11. The number of aromatic nitrogens is 3. The van der Waals surface area contributed by atoms with Gasteiger partial charge in [0, 0.05) is 17.5 Å². The standard InChI is InChI=1S/C11H13BrN4S/c12-11-4-3-10(17-11)7-16-6-9(14-15-16)5-13-8-1-2-8/h3-4,6,8,13H,1-2,5,7H2. The van der Waals surface area contributed by atoms with E-state index in [0.29, 0.717) is 6.04 Å². The summed E-state index contributed by atoms with van der Waals surface area (Å²) in [5.41, 5.74) is 1.02. The maximum absolute atomic E-state index is 4.16. The molecule has 1 N–H and O–H groups in total. The lowest BCUT2D eigenvalue weighted by Crippen LogP contribution is -2.15. The molecular formula is C11H13BrN4S. The minimum Gasteiger partial charge on any atom is -0.308 e. The summed E-state index contributed by atoms with van der Waals surface area (Å²) >= 11 is 5.19. The topological polar surface area (TPSA) is 42.7 Å². The number of nitrogens with one attached hydrogen (secondary N) is 1. The van der Waals surface area contributed by atoms with E-state index in [-0.39, 0.29) is 0 Å². The molecule has 0 aliphatic heterocycles. The van der Waals surface area contributed by atoms with Crippen LogP contribution in [0.15, 0.2) is 22.1 Å². The first-order valence-electron chi connectivity index (χ1n) is 5.66. The van der Waals surface area contributed by atoms with E-state index in [1.54, 1.807) is 11.3 Å². The van der Waals surface area contributed by atoms with Crippen molar-refractivity contribution in [2.24, 2.45) is 0 Å². The maximum atomic E-state index is 4.16. The Morgan fingerprint density at radius 3 is 3.06 bits per heavy atom. The number of nitrogens with zero attached hydrogens (tertiary/aromatic N) is 3. The first kappa shape index (κ1) is 11.4. The van der Waals surface area contributed by atoms with Gasteiger partial charge in [-0.3, -0.25) is 0 Å². The largest absolute Gasteiger partial charge is 0.308 e. The third-order valence-corrected chi connectivity index (χ3v) is 4.29. The molecule has 3 rings (SSSR count). The van der Waals surface area contributed by atoms with Crippen molar-refractivity contribution in [2.75, 3.05) is 0 Å². The molecule has 6 heteroatoms. The second kappa shape index (κ2) is 4.88. The Labute approximate surface area is 112 Å². The minimum atomic E-state index is 0.716. The van der Waals surface area contributed by atoms with Gasteiger partial charge in [-0.15, -0.1) is 16.4 Å². The van der Waals surface area contributed by atoms with E-state index < -0.39 is 0 Å². The van der Waals surface area contributed by atoms with Gasteiger partial charge in [0.25, 0.3) is 0 Å². The van der Waals surface area contributed by atoms with Crippen LogP contribution in [0, 0.1) is 0 Å². The SMILES string of the molecule is Brc1ccc(Cn2cc(CNC3CC3)nn2)s1. The van der Waals surface area contributed by atoms with Crippen molar-refractivity contribution in [1.29, 1.82) is 0 Å². The van der Waals surface area contributed by atoms with E-state index in [1.807, 2.05) is 10.9 Å². The molecule has 0 bridgehead atoms. The lowest BCUT2D eigenvalue weighted by atomic mass is 10.4. The van der Waals surface area contributed by atoms with Gasteiger partial charge in [-0.05, 0) is 40.9 Å². The van der Waals surface area contributed by atoms with Crippen LogP contribution in [0.25, 0.3) is 0 Å². The quantitative estimate of drug-likeness (QED) is 0.922. The highest BCUT2D eigenvalue weighted by Gasteiger charge is 2.20. The van der Waals surface area contributed by atoms with Crippen LogP contribution in [0.3, 0.4) is 0 Å². The smallest absolute Gasteiger partial charge is 0.0965 e. The van der Waals surface area contributed by atoms with Crippen LogP contribution in [0.2, 0.25) is 0 Å². The first-order valence-corrected chi connectivity index (χ1v) is 7.27. The summed E-state index contributed by atoms with van der Waals surface area (Å²) in [5.74, 6) is 0. The molecule has 2 aromatic heterocycles. The lowest BCUT2D eigenvalue weighted by Gasteiger charge is -1.97. The van der Waals surface area contributed by atoms with Gasteiger partial charge in [0.2, 0.25) is 0 Å². The van der Waals surface area contributed by atoms with Crippen molar-refractivity contribution in [3.8, 4) is 0 Å². The highest BCUT2D eigenvalue weighted by Crippen LogP contribution is 2.22. The highest BCUT2D eigenvalue weighted by atomic mass is 79.9. The molecule has 90 valence electrons. The molecule has 0 atom stereocenters. The Bertz CT molecular complexity index is 503. The van der Waals surface area contributed by atoms with Crippen molar-refractivity contribution in [3.05, 3.63) is 32.7 Å². The second-order valence-corrected chi connectivity index (χ2v) is 6.82. The average Bonchev–Trinajstić information content (AvgIpc) is 2.90. The van der Waals surface area contributed by atoms with E-state index in [4.69, 9.17) is 0 Å². The van der Waals surface area contributed by atoms with Gasteiger partial charge in [0.1, 0.15) is 0 Å². The molecular weight excluding hydrogens is 300 g/mol. The normalized spacial score (nSPS) is 15.4. The maximum Gasteiger partial charge on any atom is 0.0965 e. The fourth-order valence-corrected chi connectivity index (χ4v) is 3.10. The zero-order valence-corrected chi connectivity index (χ0v) is 11.7. The number of hydrogen-bond donors (Lipinski definition) is 1. The summed E-state index contributed by atoms with van der Waals surface area (Å²) in [5, 5.41) is 11.7. The molecule has 1 fully saturated rings. The van der Waals surface area contributed by atoms with Gasteiger partial charge in [-0.25, -0.2) is 4.68 Å². The van der Waals surface area contributed by atoms with Gasteiger partial charge in [-0.1, -0.05) is 5.21 Å². The number of rotatable bonds is 5. The van der Waals surface area contributed by atoms with Crippen molar-refractivity contribution in [3.63, 3.8) is 0 Å². The monoisotopic (exact) mass is 312 g/mol. The van der Waals surface area contributed by atoms with E-state index in [1.165, 1.54) is 17.7 Å². The van der Waals surface area contributed by atoms with Crippen LogP contribution in [-0.4, -0.2) is 21.0 Å². The second-order valence-electron chi connectivity index (χ2n) is 4.27. The zero-order valence-electron chi connectivity index (χ0n) is 9.27. The predicted octanol–water partition coefficient (Wildman–Crippen LogP) is 2.40. The van der Waals surface area contributed by atoms with Gasteiger partial charge >= 0.3 is 0 Å². The molecule has 2 aromatic rings. The average molecular weight is 313 g/mol. The van der Waals surface area contributed by atoms with Gasteiger partial charge < -0.3 is 5.32 Å². The molecule has 0 spiro atoms. The molecule has 1 aliphatic carbocycles. The Morgan fingerprint density at radius 1 is 1.47 bits per heavy atom. The van der Waals surface area contributed by atoms with Gasteiger partial charge in [0.15, 0.2) is 0 Å². The van der Waals surface area contributed by atoms with Crippen molar-refractivity contribution in [2.45, 2.75) is 32.0 Å². The molecule has 1 aliphatic rings. The molecule has 4 nitrogen and oxygen atoms in total. The van der Waals surface area contributed by atoms with Gasteiger partial charge in [-0.2, -0.15) is 0 Å². The van der Waals surface area contributed by atoms with Crippen molar-refractivity contribution in [1.82, 2.24) is 20.3 Å². The number of thiophene rings is 1. The molecule has 0 aromatic carbocycles. The molecule has 0 saturated heterocycles. The fourth-order valence-electron chi connectivity index (χ4n) is 1.63. The van der Waals surface area contributed by atoms with Crippen LogP contribution in [0.5, 0.6) is 0 Å². The first-order chi connectivity index (χ1) is 8.29. The van der Waals surface area contributed by atoms with Crippen molar-refractivity contribution >= 4 is 27.3 Å². The Morgan fingerprint density at radius 2 is 2.35 bits per heavy atom. The molecule has 1 saturated carbocycles. The summed E-state index contributed by atoms with van der Waals surface area (Å²) in [6.45, 7) is 1.63. The Balaban J connectivity index is 1.59. The van der Waals surface area contributed by atoms with E-state index in [0.717, 1.165) is 22.6 Å². The molecule has 2 heterocycles. The van der Waals surface area contributed by atoms with Crippen LogP contribution in [-0.2, 0) is 13.1 Å². The fraction of sp³-hybridized carbons (Fsp3) is 0.455. The molecule has 0 radical (unpaired) electrons. The third kappa shape index (κ3) is 3.14. The number of halogens is 1. The van der Waals surface area contributed by atoms with E-state index in [2.05, 4.69) is 43.7 Å². The lowest BCUT2D eigenvalue weighted by molar-refractivity contribution is 0.651. The summed E-state index contributed by atoms with van der Waals surface area (Å²) in [6, 6.07) is 4.89. The third-order valence-electron chi connectivity index (χ3n) is 2.68. The van der Waals surface area contributed by atoms with Gasteiger partial charge in [0.05, 0.1) is 22.2 Å². The summed E-state index contributed by atoms with van der Waals surface area (Å²) < 4.78 is 3.05. The summed E-state index contributed by atoms with van der Waals surface area (Å²) in [4.78, 5) is 1.28. The molecule has 0 unspecified atom stereocenters. The van der Waals surface area contributed by atoms with Crippen LogP contribution >= 0.6 is 27.3 Å². The summed E-state index contributed by atoms with van der Waals surface area (Å²) in [6.07, 6.45) is 4.62.